The Labute approximate surface area is 99.8 Å². The Morgan fingerprint density at radius 2 is 2.06 bits per heavy atom. The average Bonchev–Trinajstić information content (AvgIpc) is 2.85. The van der Waals surface area contributed by atoms with Gasteiger partial charge in [0, 0.05) is 5.56 Å². The van der Waals surface area contributed by atoms with Crippen molar-refractivity contribution in [1.82, 2.24) is 10.1 Å². The Kier molecular flexibility index (Phi) is 3.72. The Hall–Kier alpha value is -1.88. The molecule has 1 heterocycles. The van der Waals surface area contributed by atoms with E-state index in [-0.39, 0.29) is 0 Å². The second-order valence-corrected chi connectivity index (χ2v) is 3.64. The van der Waals surface area contributed by atoms with Crippen molar-refractivity contribution in [3.05, 3.63) is 30.2 Å². The lowest BCUT2D eigenvalue weighted by atomic mass is 10.2. The highest BCUT2D eigenvalue weighted by Crippen LogP contribution is 2.19. The summed E-state index contributed by atoms with van der Waals surface area (Å²) in [5.74, 6) is 2.08. The topological polar surface area (TPSA) is 64.8 Å². The van der Waals surface area contributed by atoms with Crippen LogP contribution in [-0.4, -0.2) is 23.8 Å². The lowest BCUT2D eigenvalue weighted by Gasteiger charge is -1.98. The highest BCUT2D eigenvalue weighted by atomic mass is 16.5. The fourth-order valence-electron chi connectivity index (χ4n) is 1.46. The van der Waals surface area contributed by atoms with E-state index < -0.39 is 0 Å². The van der Waals surface area contributed by atoms with Crippen molar-refractivity contribution in [2.45, 2.75) is 13.5 Å². The number of aromatic nitrogens is 2. The van der Waals surface area contributed by atoms with E-state index in [9.17, 15) is 0 Å². The molecule has 17 heavy (non-hydrogen) atoms. The van der Waals surface area contributed by atoms with E-state index in [0.717, 1.165) is 24.4 Å². The van der Waals surface area contributed by atoms with Crippen molar-refractivity contribution in [3.63, 3.8) is 0 Å². The molecule has 0 amide bonds. The SMILES string of the molecule is CC[NH2+]Cc1nc(-c2ccc(OC)cc2)no1. The third-order valence-electron chi connectivity index (χ3n) is 2.42. The zero-order valence-corrected chi connectivity index (χ0v) is 10.0. The van der Waals surface area contributed by atoms with Gasteiger partial charge in [-0.05, 0) is 31.2 Å². The van der Waals surface area contributed by atoms with Gasteiger partial charge in [-0.3, -0.25) is 0 Å². The molecule has 0 saturated carbocycles. The first kappa shape index (κ1) is 11.6. The van der Waals surface area contributed by atoms with Crippen molar-refractivity contribution in [2.75, 3.05) is 13.7 Å². The largest absolute Gasteiger partial charge is 0.497 e. The predicted octanol–water partition coefficient (Wildman–Crippen LogP) is 0.828. The van der Waals surface area contributed by atoms with Gasteiger partial charge < -0.3 is 14.6 Å². The first-order valence-corrected chi connectivity index (χ1v) is 5.62. The molecule has 0 bridgehead atoms. The summed E-state index contributed by atoms with van der Waals surface area (Å²) < 4.78 is 10.2. The molecule has 0 spiro atoms. The molecule has 2 rings (SSSR count). The van der Waals surface area contributed by atoms with Gasteiger partial charge in [-0.2, -0.15) is 4.98 Å². The number of rotatable bonds is 5. The number of ether oxygens (including phenoxy) is 1. The zero-order chi connectivity index (χ0) is 12.1. The van der Waals surface area contributed by atoms with Crippen LogP contribution in [0.3, 0.4) is 0 Å². The molecule has 0 saturated heterocycles. The van der Waals surface area contributed by atoms with Crippen LogP contribution in [0.15, 0.2) is 28.8 Å². The van der Waals surface area contributed by atoms with E-state index in [0.29, 0.717) is 11.7 Å². The standard InChI is InChI=1S/C12H15N3O2/c1-3-13-8-11-14-12(15-17-11)9-4-6-10(16-2)7-5-9/h4-7,13H,3,8H2,1-2H3/p+1. The molecule has 0 atom stereocenters. The van der Waals surface area contributed by atoms with E-state index in [1.54, 1.807) is 7.11 Å². The molecule has 0 aliphatic carbocycles. The van der Waals surface area contributed by atoms with Gasteiger partial charge in [0.2, 0.25) is 5.82 Å². The maximum absolute atomic E-state index is 5.15. The van der Waals surface area contributed by atoms with Crippen LogP contribution in [0.5, 0.6) is 5.75 Å². The molecule has 0 fully saturated rings. The molecule has 2 aromatic rings. The molecule has 2 N–H and O–H groups in total. The van der Waals surface area contributed by atoms with Crippen LogP contribution >= 0.6 is 0 Å². The van der Waals surface area contributed by atoms with E-state index in [4.69, 9.17) is 9.26 Å². The predicted molar refractivity (Wildman–Crippen MR) is 62.5 cm³/mol. The quantitative estimate of drug-likeness (QED) is 0.832. The molecule has 0 unspecified atom stereocenters. The van der Waals surface area contributed by atoms with Crippen molar-refractivity contribution in [1.29, 1.82) is 0 Å². The third kappa shape index (κ3) is 2.82. The smallest absolute Gasteiger partial charge is 0.282 e. The Balaban J connectivity index is 2.12. The minimum Gasteiger partial charge on any atom is -0.497 e. The number of quaternary nitrogens is 1. The molecule has 0 radical (unpaired) electrons. The Morgan fingerprint density at radius 3 is 2.71 bits per heavy atom. The van der Waals surface area contributed by atoms with Crippen molar-refractivity contribution in [2.24, 2.45) is 0 Å². The molecule has 90 valence electrons. The zero-order valence-electron chi connectivity index (χ0n) is 10.0. The monoisotopic (exact) mass is 234 g/mol. The van der Waals surface area contributed by atoms with Gasteiger partial charge in [0.05, 0.1) is 13.7 Å². The van der Waals surface area contributed by atoms with Crippen LogP contribution in [0.25, 0.3) is 11.4 Å². The van der Waals surface area contributed by atoms with E-state index in [1.165, 1.54) is 0 Å². The van der Waals surface area contributed by atoms with Crippen LogP contribution < -0.4 is 10.1 Å². The van der Waals surface area contributed by atoms with Crippen LogP contribution in [0.4, 0.5) is 0 Å². The molecule has 1 aromatic carbocycles. The second-order valence-electron chi connectivity index (χ2n) is 3.64. The summed E-state index contributed by atoms with van der Waals surface area (Å²) in [6.07, 6.45) is 0. The van der Waals surface area contributed by atoms with Gasteiger partial charge in [-0.15, -0.1) is 0 Å². The van der Waals surface area contributed by atoms with Gasteiger partial charge in [0.15, 0.2) is 6.54 Å². The summed E-state index contributed by atoms with van der Waals surface area (Å²) >= 11 is 0. The Morgan fingerprint density at radius 1 is 1.29 bits per heavy atom. The van der Waals surface area contributed by atoms with Crippen LogP contribution in [0.2, 0.25) is 0 Å². The normalized spacial score (nSPS) is 10.5. The van der Waals surface area contributed by atoms with Gasteiger partial charge in [0.1, 0.15) is 5.75 Å². The first-order valence-electron chi connectivity index (χ1n) is 5.62. The molecule has 5 heteroatoms. The van der Waals surface area contributed by atoms with Gasteiger partial charge >= 0.3 is 0 Å². The van der Waals surface area contributed by atoms with Crippen LogP contribution in [-0.2, 0) is 6.54 Å². The molecular formula is C12H16N3O2+. The molecular weight excluding hydrogens is 218 g/mol. The summed E-state index contributed by atoms with van der Waals surface area (Å²) in [6, 6.07) is 7.58. The van der Waals surface area contributed by atoms with E-state index in [1.807, 2.05) is 24.3 Å². The van der Waals surface area contributed by atoms with Crippen molar-refractivity contribution >= 4 is 0 Å². The average molecular weight is 234 g/mol. The number of nitrogens with zero attached hydrogens (tertiary/aromatic N) is 2. The lowest BCUT2D eigenvalue weighted by Crippen LogP contribution is -2.81. The summed E-state index contributed by atoms with van der Waals surface area (Å²) in [6.45, 7) is 3.81. The minimum atomic E-state index is 0.618. The first-order chi connectivity index (χ1) is 8.33. The second kappa shape index (κ2) is 5.45. The third-order valence-corrected chi connectivity index (χ3v) is 2.42. The van der Waals surface area contributed by atoms with Crippen LogP contribution in [0.1, 0.15) is 12.8 Å². The number of hydrogen-bond acceptors (Lipinski definition) is 4. The van der Waals surface area contributed by atoms with E-state index >= 15 is 0 Å². The maximum Gasteiger partial charge on any atom is 0.282 e. The number of nitrogens with two attached hydrogens (primary N) is 1. The summed E-state index contributed by atoms with van der Waals surface area (Å²) in [5.41, 5.74) is 0.928. The molecule has 0 aliphatic rings. The fraction of sp³-hybridized carbons (Fsp3) is 0.333. The van der Waals surface area contributed by atoms with Gasteiger partial charge in [-0.1, -0.05) is 5.16 Å². The molecule has 1 aromatic heterocycles. The number of hydrogen-bond donors (Lipinski definition) is 1. The van der Waals surface area contributed by atoms with E-state index in [2.05, 4.69) is 22.4 Å². The summed E-state index contributed by atoms with van der Waals surface area (Å²) in [5, 5.41) is 6.05. The number of methoxy groups -OCH3 is 1. The summed E-state index contributed by atoms with van der Waals surface area (Å²) in [4.78, 5) is 4.32. The molecule has 5 nitrogen and oxygen atoms in total. The van der Waals surface area contributed by atoms with Gasteiger partial charge in [-0.25, -0.2) is 0 Å². The van der Waals surface area contributed by atoms with Crippen molar-refractivity contribution < 1.29 is 14.6 Å². The Bertz CT molecular complexity index is 465. The van der Waals surface area contributed by atoms with Crippen LogP contribution in [0, 0.1) is 0 Å². The summed E-state index contributed by atoms with van der Waals surface area (Å²) in [7, 11) is 1.64. The molecule has 0 aliphatic heterocycles. The highest BCUT2D eigenvalue weighted by molar-refractivity contribution is 5.55. The minimum absolute atomic E-state index is 0.618. The lowest BCUT2D eigenvalue weighted by molar-refractivity contribution is -0.670. The fourth-order valence-corrected chi connectivity index (χ4v) is 1.46. The van der Waals surface area contributed by atoms with Crippen molar-refractivity contribution in [3.8, 4) is 17.1 Å². The maximum atomic E-state index is 5.15. The highest BCUT2D eigenvalue weighted by Gasteiger charge is 2.09. The number of benzene rings is 1. The van der Waals surface area contributed by atoms with Gasteiger partial charge in [0.25, 0.3) is 5.89 Å².